The van der Waals surface area contributed by atoms with E-state index in [2.05, 4.69) is 0 Å². The first-order valence-electron chi connectivity index (χ1n) is 3.38. The number of hydrogen-bond donors (Lipinski definition) is 1. The predicted molar refractivity (Wildman–Crippen MR) is 37.7 cm³/mol. The van der Waals surface area contributed by atoms with Gasteiger partial charge in [0.15, 0.2) is 0 Å². The second-order valence-electron chi connectivity index (χ2n) is 2.32. The summed E-state index contributed by atoms with van der Waals surface area (Å²) in [5, 5.41) is 8.50. The van der Waals surface area contributed by atoms with Crippen LogP contribution in [0.1, 0.15) is 13.3 Å². The van der Waals surface area contributed by atoms with Crippen LogP contribution in [0, 0.1) is 0 Å². The van der Waals surface area contributed by atoms with Crippen LogP contribution in [-0.2, 0) is 9.59 Å². The molecule has 1 rings (SSSR count). The molecule has 0 aromatic heterocycles. The maximum atomic E-state index is 10.9. The van der Waals surface area contributed by atoms with Crippen molar-refractivity contribution >= 4 is 11.9 Å². The van der Waals surface area contributed by atoms with Crippen molar-refractivity contribution in [2.24, 2.45) is 0 Å². The Morgan fingerprint density at radius 1 is 1.82 bits per heavy atom. The smallest absolute Gasteiger partial charge is 0.333 e. The summed E-state index contributed by atoms with van der Waals surface area (Å²) in [6, 6.07) is 0. The number of carboxylic acids is 1. The molecule has 1 amide bonds. The van der Waals surface area contributed by atoms with E-state index in [1.807, 2.05) is 0 Å². The zero-order chi connectivity index (χ0) is 8.43. The molecule has 0 unspecified atom stereocenters. The lowest BCUT2D eigenvalue weighted by Crippen LogP contribution is -2.19. The number of rotatable bonds is 2. The maximum absolute atomic E-state index is 10.9. The standard InChI is InChI=1S/C7H9NO3/c1-2-8-4-5(7(10)11)3-6(8)9/h4H,2-3H2,1H3,(H,10,11). The molecule has 0 bridgehead atoms. The van der Waals surface area contributed by atoms with Crippen molar-refractivity contribution in [1.29, 1.82) is 0 Å². The molecule has 1 heterocycles. The van der Waals surface area contributed by atoms with Crippen LogP contribution in [0.15, 0.2) is 11.8 Å². The summed E-state index contributed by atoms with van der Waals surface area (Å²) in [6.07, 6.45) is 1.42. The average molecular weight is 155 g/mol. The number of carbonyl (C=O) groups excluding carboxylic acids is 1. The Kier molecular flexibility index (Phi) is 1.94. The number of aliphatic carboxylic acids is 1. The van der Waals surface area contributed by atoms with E-state index in [9.17, 15) is 9.59 Å². The van der Waals surface area contributed by atoms with Gasteiger partial charge in [0, 0.05) is 12.7 Å². The maximum Gasteiger partial charge on any atom is 0.333 e. The van der Waals surface area contributed by atoms with Crippen molar-refractivity contribution in [2.45, 2.75) is 13.3 Å². The molecule has 0 saturated heterocycles. The van der Waals surface area contributed by atoms with E-state index in [1.54, 1.807) is 6.92 Å². The Balaban J connectivity index is 2.75. The van der Waals surface area contributed by atoms with Gasteiger partial charge in [-0.1, -0.05) is 0 Å². The minimum Gasteiger partial charge on any atom is -0.478 e. The van der Waals surface area contributed by atoms with Crippen LogP contribution in [0.3, 0.4) is 0 Å². The number of hydrogen-bond acceptors (Lipinski definition) is 2. The van der Waals surface area contributed by atoms with E-state index in [0.717, 1.165) is 0 Å². The van der Waals surface area contributed by atoms with Gasteiger partial charge in [-0.15, -0.1) is 0 Å². The molecule has 1 N–H and O–H groups in total. The van der Waals surface area contributed by atoms with E-state index < -0.39 is 5.97 Å². The number of amides is 1. The van der Waals surface area contributed by atoms with E-state index in [-0.39, 0.29) is 17.9 Å². The van der Waals surface area contributed by atoms with Crippen molar-refractivity contribution < 1.29 is 14.7 Å². The summed E-state index contributed by atoms with van der Waals surface area (Å²) < 4.78 is 0. The second-order valence-corrected chi connectivity index (χ2v) is 2.32. The van der Waals surface area contributed by atoms with Gasteiger partial charge < -0.3 is 10.0 Å². The van der Waals surface area contributed by atoms with E-state index in [1.165, 1.54) is 11.1 Å². The highest BCUT2D eigenvalue weighted by atomic mass is 16.4. The quantitative estimate of drug-likeness (QED) is 0.620. The van der Waals surface area contributed by atoms with Gasteiger partial charge >= 0.3 is 5.97 Å². The molecular formula is C7H9NO3. The van der Waals surface area contributed by atoms with Crippen LogP contribution < -0.4 is 0 Å². The Labute approximate surface area is 64.1 Å². The summed E-state index contributed by atoms with van der Waals surface area (Å²) in [5.74, 6) is -1.14. The zero-order valence-corrected chi connectivity index (χ0v) is 6.20. The van der Waals surface area contributed by atoms with Crippen LogP contribution in [0.4, 0.5) is 0 Å². The summed E-state index contributed by atoms with van der Waals surface area (Å²) in [7, 11) is 0. The first-order valence-corrected chi connectivity index (χ1v) is 3.38. The molecule has 0 aliphatic carbocycles. The first-order chi connectivity index (χ1) is 5.15. The van der Waals surface area contributed by atoms with Gasteiger partial charge in [0.2, 0.25) is 5.91 Å². The van der Waals surface area contributed by atoms with Crippen LogP contribution in [-0.4, -0.2) is 28.4 Å². The number of carbonyl (C=O) groups is 2. The van der Waals surface area contributed by atoms with Crippen molar-refractivity contribution in [2.75, 3.05) is 6.54 Å². The fourth-order valence-electron chi connectivity index (χ4n) is 0.969. The molecule has 0 radical (unpaired) electrons. The Bertz CT molecular complexity index is 232. The van der Waals surface area contributed by atoms with Gasteiger partial charge in [-0.2, -0.15) is 0 Å². The highest BCUT2D eigenvalue weighted by Crippen LogP contribution is 2.14. The third-order valence-electron chi connectivity index (χ3n) is 1.59. The van der Waals surface area contributed by atoms with E-state index in [0.29, 0.717) is 6.54 Å². The molecule has 0 fully saturated rings. The molecular weight excluding hydrogens is 146 g/mol. The molecule has 1 aliphatic heterocycles. The molecule has 4 nitrogen and oxygen atoms in total. The molecule has 11 heavy (non-hydrogen) atoms. The lowest BCUT2D eigenvalue weighted by molar-refractivity contribution is -0.134. The van der Waals surface area contributed by atoms with Gasteiger partial charge in [-0.25, -0.2) is 4.79 Å². The molecule has 0 atom stereocenters. The van der Waals surface area contributed by atoms with E-state index in [4.69, 9.17) is 5.11 Å². The van der Waals surface area contributed by atoms with Crippen LogP contribution in [0.2, 0.25) is 0 Å². The Hall–Kier alpha value is -1.32. The predicted octanol–water partition coefficient (Wildman–Crippen LogP) is 0.207. The fraction of sp³-hybridized carbons (Fsp3) is 0.429. The molecule has 1 aliphatic rings. The minimum atomic E-state index is -1.01. The SMILES string of the molecule is CCN1C=C(C(=O)O)CC1=O. The topological polar surface area (TPSA) is 57.6 Å². The zero-order valence-electron chi connectivity index (χ0n) is 6.20. The summed E-state index contributed by atoms with van der Waals surface area (Å²) >= 11 is 0. The molecule has 4 heteroatoms. The normalized spacial score (nSPS) is 17.0. The molecule has 0 spiro atoms. The second kappa shape index (κ2) is 2.74. The monoisotopic (exact) mass is 155 g/mol. The number of carboxylic acid groups (broad SMARTS) is 1. The lowest BCUT2D eigenvalue weighted by Gasteiger charge is -2.07. The van der Waals surface area contributed by atoms with Crippen molar-refractivity contribution in [3.8, 4) is 0 Å². The highest BCUT2D eigenvalue weighted by Gasteiger charge is 2.23. The summed E-state index contributed by atoms with van der Waals surface area (Å²) in [4.78, 5) is 22.7. The molecule has 60 valence electrons. The highest BCUT2D eigenvalue weighted by molar-refractivity contribution is 5.97. The third kappa shape index (κ3) is 1.39. The molecule has 0 aromatic rings. The number of nitrogens with zero attached hydrogens (tertiary/aromatic N) is 1. The van der Waals surface area contributed by atoms with Gasteiger partial charge in [-0.05, 0) is 6.92 Å². The van der Waals surface area contributed by atoms with Crippen molar-refractivity contribution in [3.63, 3.8) is 0 Å². The average Bonchev–Trinajstić information content (AvgIpc) is 2.31. The van der Waals surface area contributed by atoms with Crippen LogP contribution in [0.25, 0.3) is 0 Å². The van der Waals surface area contributed by atoms with Crippen molar-refractivity contribution in [3.05, 3.63) is 11.8 Å². The first kappa shape index (κ1) is 7.78. The van der Waals surface area contributed by atoms with E-state index >= 15 is 0 Å². The van der Waals surface area contributed by atoms with Crippen molar-refractivity contribution in [1.82, 2.24) is 4.90 Å². The van der Waals surface area contributed by atoms with Gasteiger partial charge in [-0.3, -0.25) is 4.79 Å². The molecule has 0 saturated carbocycles. The Morgan fingerprint density at radius 2 is 2.45 bits per heavy atom. The molecule has 0 aromatic carbocycles. The largest absolute Gasteiger partial charge is 0.478 e. The lowest BCUT2D eigenvalue weighted by atomic mass is 10.2. The van der Waals surface area contributed by atoms with Gasteiger partial charge in [0.1, 0.15) is 0 Å². The Morgan fingerprint density at radius 3 is 2.73 bits per heavy atom. The van der Waals surface area contributed by atoms with Gasteiger partial charge in [0.25, 0.3) is 0 Å². The van der Waals surface area contributed by atoms with Crippen LogP contribution >= 0.6 is 0 Å². The van der Waals surface area contributed by atoms with Crippen LogP contribution in [0.5, 0.6) is 0 Å². The summed E-state index contributed by atoms with van der Waals surface area (Å²) in [6.45, 7) is 2.34. The van der Waals surface area contributed by atoms with Gasteiger partial charge in [0.05, 0.1) is 12.0 Å². The third-order valence-corrected chi connectivity index (χ3v) is 1.59. The summed E-state index contributed by atoms with van der Waals surface area (Å²) in [5.41, 5.74) is 0.178. The minimum absolute atomic E-state index is 0.0309. The fourth-order valence-corrected chi connectivity index (χ4v) is 0.969.